The van der Waals surface area contributed by atoms with Gasteiger partial charge >= 0.3 is 0 Å². The Bertz CT molecular complexity index is 3340. The number of para-hydroxylation sites is 3. The van der Waals surface area contributed by atoms with Crippen LogP contribution < -0.4 is 15.9 Å². The van der Waals surface area contributed by atoms with Crippen LogP contribution >= 0.6 is 7.14 Å². The Hall–Kier alpha value is -7.32. The third-order valence-electron chi connectivity index (χ3n) is 11.7. The molecule has 11 rings (SSSR count). The molecule has 59 heavy (non-hydrogen) atoms. The van der Waals surface area contributed by atoms with Crippen molar-refractivity contribution in [1.82, 2.24) is 9.55 Å². The third kappa shape index (κ3) is 5.74. The molecule has 9 aromatic carbocycles. The van der Waals surface area contributed by atoms with Crippen molar-refractivity contribution in [3.63, 3.8) is 0 Å². The van der Waals surface area contributed by atoms with E-state index in [1.807, 2.05) is 72.8 Å². The minimum Gasteiger partial charge on any atom is -0.309 e. The van der Waals surface area contributed by atoms with Crippen molar-refractivity contribution >= 4 is 66.5 Å². The number of hydrogen-bond acceptors (Lipinski definition) is 2. The quantitative estimate of drug-likeness (QED) is 0.119. The molecule has 0 aliphatic rings. The Morgan fingerprint density at radius 3 is 1.66 bits per heavy atom. The topological polar surface area (TPSA) is 34.9 Å². The van der Waals surface area contributed by atoms with E-state index in [-0.39, 0.29) is 0 Å². The van der Waals surface area contributed by atoms with E-state index in [1.165, 1.54) is 16.2 Å². The summed E-state index contributed by atoms with van der Waals surface area (Å²) in [5.41, 5.74) is 10.9. The van der Waals surface area contributed by atoms with Gasteiger partial charge in [-0.25, -0.2) is 4.98 Å². The highest BCUT2D eigenvalue weighted by Gasteiger charge is 2.29. The van der Waals surface area contributed by atoms with Gasteiger partial charge in [0.2, 0.25) is 0 Å². The second kappa shape index (κ2) is 14.3. The van der Waals surface area contributed by atoms with E-state index in [9.17, 15) is 0 Å². The molecule has 0 bridgehead atoms. The van der Waals surface area contributed by atoms with Gasteiger partial charge in [0.25, 0.3) is 0 Å². The summed E-state index contributed by atoms with van der Waals surface area (Å²) in [5.74, 6) is 0. The molecule has 11 aromatic rings. The number of nitrogens with zero attached hydrogens (tertiary/aromatic N) is 2. The molecule has 0 aliphatic carbocycles. The number of aromatic nitrogens is 2. The Balaban J connectivity index is 1.12. The molecule has 0 spiro atoms. The molecule has 0 unspecified atom stereocenters. The van der Waals surface area contributed by atoms with Gasteiger partial charge in [-0.1, -0.05) is 194 Å². The van der Waals surface area contributed by atoms with Crippen LogP contribution in [0.2, 0.25) is 0 Å². The highest BCUT2D eigenvalue weighted by Crippen LogP contribution is 2.46. The van der Waals surface area contributed by atoms with Gasteiger partial charge in [-0.2, -0.15) is 0 Å². The Kier molecular flexibility index (Phi) is 8.43. The van der Waals surface area contributed by atoms with Gasteiger partial charge in [0.15, 0.2) is 7.14 Å². The van der Waals surface area contributed by atoms with E-state index in [4.69, 9.17) is 4.98 Å². The maximum Gasteiger partial charge on any atom is 0.171 e. The molecule has 0 fully saturated rings. The van der Waals surface area contributed by atoms with E-state index >= 15 is 4.57 Å². The van der Waals surface area contributed by atoms with Gasteiger partial charge in [-0.05, 0) is 47.0 Å². The number of benzene rings is 9. The summed E-state index contributed by atoms with van der Waals surface area (Å²) >= 11 is 0. The van der Waals surface area contributed by atoms with E-state index in [0.29, 0.717) is 0 Å². The predicted molar refractivity (Wildman–Crippen MR) is 249 cm³/mol. The van der Waals surface area contributed by atoms with Crippen LogP contribution in [0.15, 0.2) is 224 Å². The largest absolute Gasteiger partial charge is 0.309 e. The van der Waals surface area contributed by atoms with Gasteiger partial charge < -0.3 is 9.13 Å². The first kappa shape index (κ1) is 34.9. The second-order valence-electron chi connectivity index (χ2n) is 15.0. The van der Waals surface area contributed by atoms with Gasteiger partial charge in [-0.15, -0.1) is 0 Å². The zero-order chi connectivity index (χ0) is 39.3. The molecule has 4 heteroatoms. The molecule has 3 nitrogen and oxygen atoms in total. The molecule has 0 aliphatic heterocycles. The van der Waals surface area contributed by atoms with E-state index in [1.54, 1.807) is 0 Å². The second-order valence-corrected chi connectivity index (χ2v) is 17.8. The van der Waals surface area contributed by atoms with Crippen molar-refractivity contribution in [2.24, 2.45) is 0 Å². The SMILES string of the molecule is O=P(c1ccccc1)(c1ccccc1)c1ccc(-c2cccc(-c3cccc4c5c6c(ccc5n(-c5ccccc5)c34)c(-c3ccccc3)nc3ccccc36)c2)cc1. The predicted octanol–water partition coefficient (Wildman–Crippen LogP) is 13.1. The summed E-state index contributed by atoms with van der Waals surface area (Å²) in [4.78, 5) is 5.26. The third-order valence-corrected chi connectivity index (χ3v) is 14.7. The molecule has 0 saturated heterocycles. The highest BCUT2D eigenvalue weighted by molar-refractivity contribution is 7.85. The standard InChI is InChI=1S/C55H37N2OP/c58-59(43-23-9-3-10-24-43,44-25-11-4-12-26-44)45-33-31-38(32-34-45)40-19-15-20-41(37-40)46-28-16-29-49-53-51(57(55(46)49)42-21-7-2-8-22-42)36-35-48-52(53)47-27-13-14-30-50(47)56-54(48)39-17-5-1-6-18-39/h1-37H. The highest BCUT2D eigenvalue weighted by atomic mass is 31.2. The van der Waals surface area contributed by atoms with Gasteiger partial charge in [0, 0.05) is 59.7 Å². The van der Waals surface area contributed by atoms with Crippen molar-refractivity contribution in [3.8, 4) is 39.2 Å². The fourth-order valence-electron chi connectivity index (χ4n) is 8.95. The van der Waals surface area contributed by atoms with Crippen molar-refractivity contribution in [2.75, 3.05) is 0 Å². The molecular weight excluding hydrogens is 736 g/mol. The van der Waals surface area contributed by atoms with Crippen LogP contribution in [0.5, 0.6) is 0 Å². The first-order valence-corrected chi connectivity index (χ1v) is 21.7. The summed E-state index contributed by atoms with van der Waals surface area (Å²) in [6.07, 6.45) is 0. The van der Waals surface area contributed by atoms with Crippen LogP contribution in [0.4, 0.5) is 0 Å². The molecule has 0 amide bonds. The Morgan fingerprint density at radius 2 is 0.949 bits per heavy atom. The van der Waals surface area contributed by atoms with E-state index < -0.39 is 7.14 Å². The minimum atomic E-state index is -3.08. The lowest BCUT2D eigenvalue weighted by molar-refractivity contribution is 0.592. The van der Waals surface area contributed by atoms with Gasteiger partial charge in [0.1, 0.15) is 0 Å². The zero-order valence-electron chi connectivity index (χ0n) is 32.1. The average Bonchev–Trinajstić information content (AvgIpc) is 3.67. The molecule has 0 N–H and O–H groups in total. The van der Waals surface area contributed by atoms with Crippen molar-refractivity contribution in [2.45, 2.75) is 0 Å². The van der Waals surface area contributed by atoms with Gasteiger partial charge in [0.05, 0.1) is 22.2 Å². The maximum atomic E-state index is 15.1. The molecular formula is C55H37N2OP. The number of fused-ring (bicyclic) bond motifs is 7. The van der Waals surface area contributed by atoms with Gasteiger partial charge in [-0.3, -0.25) is 0 Å². The lowest BCUT2D eigenvalue weighted by atomic mass is 9.94. The van der Waals surface area contributed by atoms with Crippen LogP contribution in [0.3, 0.4) is 0 Å². The maximum absolute atomic E-state index is 15.1. The van der Waals surface area contributed by atoms with Crippen molar-refractivity contribution in [1.29, 1.82) is 0 Å². The molecule has 278 valence electrons. The Morgan fingerprint density at radius 1 is 0.390 bits per heavy atom. The van der Waals surface area contributed by atoms with Crippen LogP contribution in [-0.4, -0.2) is 9.55 Å². The van der Waals surface area contributed by atoms with Crippen molar-refractivity contribution < 1.29 is 4.57 Å². The molecule has 0 radical (unpaired) electrons. The number of hydrogen-bond donors (Lipinski definition) is 0. The van der Waals surface area contributed by atoms with E-state index in [0.717, 1.165) is 82.4 Å². The van der Waals surface area contributed by atoms with Crippen LogP contribution in [0, 0.1) is 0 Å². The summed E-state index contributed by atoms with van der Waals surface area (Å²) < 4.78 is 17.5. The first-order chi connectivity index (χ1) is 29.2. The monoisotopic (exact) mass is 772 g/mol. The normalized spacial score (nSPS) is 11.8. The fraction of sp³-hybridized carbons (Fsp3) is 0. The molecule has 2 heterocycles. The number of rotatable bonds is 7. The first-order valence-electron chi connectivity index (χ1n) is 20.0. The summed E-state index contributed by atoms with van der Waals surface area (Å²) in [6.45, 7) is 0. The number of pyridine rings is 1. The lowest BCUT2D eigenvalue weighted by Gasteiger charge is -2.20. The van der Waals surface area contributed by atoms with E-state index in [2.05, 4.69) is 156 Å². The average molecular weight is 773 g/mol. The smallest absolute Gasteiger partial charge is 0.171 e. The van der Waals surface area contributed by atoms with Crippen LogP contribution in [0.1, 0.15) is 0 Å². The molecule has 2 aromatic heterocycles. The molecule has 0 atom stereocenters. The Labute approximate surface area is 342 Å². The van der Waals surface area contributed by atoms with Crippen molar-refractivity contribution in [3.05, 3.63) is 224 Å². The lowest BCUT2D eigenvalue weighted by Crippen LogP contribution is -2.24. The molecule has 0 saturated carbocycles. The zero-order valence-corrected chi connectivity index (χ0v) is 33.0. The van der Waals surface area contributed by atoms with Crippen LogP contribution in [-0.2, 0) is 4.57 Å². The summed E-state index contributed by atoms with van der Waals surface area (Å²) in [5, 5.41) is 8.36. The van der Waals surface area contributed by atoms with Crippen LogP contribution in [0.25, 0.3) is 82.7 Å². The fourth-order valence-corrected chi connectivity index (χ4v) is 11.6. The summed E-state index contributed by atoms with van der Waals surface area (Å²) in [7, 11) is -3.08. The minimum absolute atomic E-state index is 0.817. The summed E-state index contributed by atoms with van der Waals surface area (Å²) in [6, 6.07) is 77.8.